The Labute approximate surface area is 182 Å². The number of aliphatic hydroxyl groups is 3. The standard InChI is InChI=1S/C21H23N7O4/c22-18-15-20(28(11-23-15)21-17(31)16(30)14(10-29)32-21)26-19(25-18)13-8-24-27(9-13)7-6-12-4-2-1-3-5-12/h1-5,8-9,11,14,16-17,21,29-31H,6-7,10H2,(H2,22,25,26)/t14-,16-,17-,21?/m1/s1. The van der Waals surface area contributed by atoms with E-state index in [9.17, 15) is 15.3 Å². The average Bonchev–Trinajstić information content (AvgIpc) is 3.52. The first-order valence-electron chi connectivity index (χ1n) is 10.2. The number of fused-ring (bicyclic) bond motifs is 1. The monoisotopic (exact) mass is 437 g/mol. The van der Waals surface area contributed by atoms with Crippen LogP contribution in [-0.4, -0.2) is 69.5 Å². The van der Waals surface area contributed by atoms with Crippen molar-refractivity contribution in [2.24, 2.45) is 0 Å². The summed E-state index contributed by atoms with van der Waals surface area (Å²) < 4.78 is 8.91. The van der Waals surface area contributed by atoms with Crippen molar-refractivity contribution in [1.29, 1.82) is 0 Å². The third kappa shape index (κ3) is 3.60. The van der Waals surface area contributed by atoms with Crippen molar-refractivity contribution < 1.29 is 20.1 Å². The molecule has 0 spiro atoms. The van der Waals surface area contributed by atoms with E-state index in [0.717, 1.165) is 6.42 Å². The number of hydrogen-bond acceptors (Lipinski definition) is 9. The second-order valence-corrected chi connectivity index (χ2v) is 7.71. The zero-order valence-corrected chi connectivity index (χ0v) is 17.1. The fourth-order valence-corrected chi connectivity index (χ4v) is 3.85. The molecule has 4 heterocycles. The number of aliphatic hydroxyl groups excluding tert-OH is 3. The zero-order valence-electron chi connectivity index (χ0n) is 17.1. The van der Waals surface area contributed by atoms with Gasteiger partial charge >= 0.3 is 0 Å². The molecule has 5 N–H and O–H groups in total. The first-order chi connectivity index (χ1) is 15.5. The highest BCUT2D eigenvalue weighted by Crippen LogP contribution is 2.32. The van der Waals surface area contributed by atoms with Gasteiger partial charge in [-0.05, 0) is 12.0 Å². The highest BCUT2D eigenvalue weighted by Gasteiger charge is 2.44. The number of nitrogens with zero attached hydrogens (tertiary/aromatic N) is 6. The topological polar surface area (TPSA) is 157 Å². The van der Waals surface area contributed by atoms with Gasteiger partial charge in [0.25, 0.3) is 0 Å². The Balaban J connectivity index is 1.43. The van der Waals surface area contributed by atoms with E-state index in [1.807, 2.05) is 29.1 Å². The van der Waals surface area contributed by atoms with Crippen molar-refractivity contribution in [2.45, 2.75) is 37.5 Å². The number of anilines is 1. The first kappa shape index (κ1) is 20.5. The lowest BCUT2D eigenvalue weighted by Gasteiger charge is -2.16. The van der Waals surface area contributed by atoms with Crippen LogP contribution in [0.3, 0.4) is 0 Å². The summed E-state index contributed by atoms with van der Waals surface area (Å²) >= 11 is 0. The molecule has 4 aromatic rings. The van der Waals surface area contributed by atoms with Crippen LogP contribution in [0.5, 0.6) is 0 Å². The summed E-state index contributed by atoms with van der Waals surface area (Å²) in [6.07, 6.45) is 1.39. The molecule has 0 aliphatic carbocycles. The number of imidazole rings is 1. The van der Waals surface area contributed by atoms with Gasteiger partial charge in [0.1, 0.15) is 23.8 Å². The largest absolute Gasteiger partial charge is 0.394 e. The number of ether oxygens (including phenoxy) is 1. The number of nitrogens with two attached hydrogens (primary N) is 1. The molecule has 1 aliphatic heterocycles. The third-order valence-electron chi connectivity index (χ3n) is 5.60. The molecule has 0 radical (unpaired) electrons. The maximum atomic E-state index is 10.4. The molecule has 1 aliphatic rings. The fourth-order valence-electron chi connectivity index (χ4n) is 3.85. The second-order valence-electron chi connectivity index (χ2n) is 7.71. The average molecular weight is 437 g/mol. The van der Waals surface area contributed by atoms with Crippen LogP contribution in [0, 0.1) is 0 Å². The molecular formula is C21H23N7O4. The maximum absolute atomic E-state index is 10.4. The number of aryl methyl sites for hydroxylation is 2. The van der Waals surface area contributed by atoms with Gasteiger partial charge in [-0.15, -0.1) is 0 Å². The van der Waals surface area contributed by atoms with E-state index in [-0.39, 0.29) is 5.82 Å². The van der Waals surface area contributed by atoms with Crippen LogP contribution in [0.2, 0.25) is 0 Å². The second kappa shape index (κ2) is 8.28. The summed E-state index contributed by atoms with van der Waals surface area (Å²) in [4.78, 5) is 13.2. The number of benzene rings is 1. The SMILES string of the molecule is Nc1nc(-c2cnn(CCc3ccccc3)c2)nc2c1ncn2C1O[C@H](CO)[C@@H](O)[C@H]1O. The summed E-state index contributed by atoms with van der Waals surface area (Å²) in [6.45, 7) is 0.272. The highest BCUT2D eigenvalue weighted by molar-refractivity contribution is 5.83. The van der Waals surface area contributed by atoms with Crippen molar-refractivity contribution in [2.75, 3.05) is 12.3 Å². The van der Waals surface area contributed by atoms with Crippen LogP contribution in [0.25, 0.3) is 22.6 Å². The third-order valence-corrected chi connectivity index (χ3v) is 5.60. The Morgan fingerprint density at radius 3 is 2.66 bits per heavy atom. The smallest absolute Gasteiger partial charge is 0.168 e. The minimum Gasteiger partial charge on any atom is -0.394 e. The quantitative estimate of drug-likeness (QED) is 0.329. The van der Waals surface area contributed by atoms with E-state index in [4.69, 9.17) is 10.5 Å². The summed E-state index contributed by atoms with van der Waals surface area (Å²) in [5.41, 5.74) is 8.71. The van der Waals surface area contributed by atoms with Crippen molar-refractivity contribution in [3.8, 4) is 11.4 Å². The Morgan fingerprint density at radius 1 is 1.09 bits per heavy atom. The Kier molecular flexibility index (Phi) is 5.31. The van der Waals surface area contributed by atoms with E-state index in [1.54, 1.807) is 6.20 Å². The summed E-state index contributed by atoms with van der Waals surface area (Å²) in [5.74, 6) is 0.530. The lowest BCUT2D eigenvalue weighted by Crippen LogP contribution is -2.33. The van der Waals surface area contributed by atoms with Crippen LogP contribution in [0.4, 0.5) is 5.82 Å². The molecule has 0 bridgehead atoms. The molecule has 0 amide bonds. The lowest BCUT2D eigenvalue weighted by molar-refractivity contribution is -0.0511. The number of rotatable bonds is 6. The van der Waals surface area contributed by atoms with Crippen LogP contribution >= 0.6 is 0 Å². The van der Waals surface area contributed by atoms with Crippen molar-refractivity contribution >= 4 is 17.0 Å². The lowest BCUT2D eigenvalue weighted by atomic mass is 10.1. The Hall–Kier alpha value is -3.38. The molecular weight excluding hydrogens is 414 g/mol. The predicted molar refractivity (Wildman–Crippen MR) is 114 cm³/mol. The van der Waals surface area contributed by atoms with E-state index in [0.29, 0.717) is 29.1 Å². The van der Waals surface area contributed by atoms with Crippen LogP contribution in [0.1, 0.15) is 11.8 Å². The number of aromatic nitrogens is 6. The molecule has 4 atom stereocenters. The van der Waals surface area contributed by atoms with Gasteiger partial charge in [0.2, 0.25) is 0 Å². The zero-order chi connectivity index (χ0) is 22.2. The minimum atomic E-state index is -1.26. The van der Waals surface area contributed by atoms with Gasteiger partial charge in [0.15, 0.2) is 23.5 Å². The molecule has 0 saturated carbocycles. The molecule has 11 nitrogen and oxygen atoms in total. The highest BCUT2D eigenvalue weighted by atomic mass is 16.6. The minimum absolute atomic E-state index is 0.174. The Bertz CT molecular complexity index is 1230. The van der Waals surface area contributed by atoms with Gasteiger partial charge in [-0.3, -0.25) is 9.25 Å². The van der Waals surface area contributed by atoms with Crippen LogP contribution in [-0.2, 0) is 17.7 Å². The van der Waals surface area contributed by atoms with Gasteiger partial charge in [0, 0.05) is 12.7 Å². The van der Waals surface area contributed by atoms with E-state index in [1.165, 1.54) is 16.5 Å². The van der Waals surface area contributed by atoms with Crippen molar-refractivity contribution in [3.63, 3.8) is 0 Å². The number of nitrogen functional groups attached to an aromatic ring is 1. The maximum Gasteiger partial charge on any atom is 0.168 e. The van der Waals surface area contributed by atoms with Crippen LogP contribution in [0.15, 0.2) is 49.1 Å². The summed E-state index contributed by atoms with van der Waals surface area (Å²) in [6, 6.07) is 10.1. The molecule has 5 rings (SSSR count). The Morgan fingerprint density at radius 2 is 1.91 bits per heavy atom. The van der Waals surface area contributed by atoms with Gasteiger partial charge < -0.3 is 25.8 Å². The summed E-state index contributed by atoms with van der Waals surface area (Å²) in [5, 5.41) is 34.2. The molecule has 1 saturated heterocycles. The molecule has 1 fully saturated rings. The van der Waals surface area contributed by atoms with E-state index >= 15 is 0 Å². The van der Waals surface area contributed by atoms with Crippen LogP contribution < -0.4 is 5.73 Å². The molecule has 1 aromatic carbocycles. The molecule has 11 heteroatoms. The predicted octanol–water partition coefficient (Wildman–Crippen LogP) is 0.126. The van der Waals surface area contributed by atoms with E-state index in [2.05, 4.69) is 32.2 Å². The van der Waals surface area contributed by atoms with Gasteiger partial charge in [-0.2, -0.15) is 5.10 Å². The summed E-state index contributed by atoms with van der Waals surface area (Å²) in [7, 11) is 0. The van der Waals surface area contributed by atoms with Gasteiger partial charge in [0.05, 0.1) is 24.7 Å². The molecule has 32 heavy (non-hydrogen) atoms. The van der Waals surface area contributed by atoms with Crippen molar-refractivity contribution in [3.05, 3.63) is 54.6 Å². The van der Waals surface area contributed by atoms with E-state index < -0.39 is 31.1 Å². The molecule has 1 unspecified atom stereocenters. The molecule has 3 aromatic heterocycles. The number of hydrogen-bond donors (Lipinski definition) is 4. The van der Waals surface area contributed by atoms with Gasteiger partial charge in [-0.25, -0.2) is 15.0 Å². The molecule has 166 valence electrons. The fraction of sp³-hybridized carbons (Fsp3) is 0.333. The normalized spacial score (nSPS) is 23.2. The first-order valence-corrected chi connectivity index (χ1v) is 10.2. The van der Waals surface area contributed by atoms with Gasteiger partial charge in [-0.1, -0.05) is 30.3 Å². The van der Waals surface area contributed by atoms with Crippen molar-refractivity contribution in [1.82, 2.24) is 29.3 Å².